The van der Waals surface area contributed by atoms with Gasteiger partial charge in [-0.3, -0.25) is 9.59 Å². The molecule has 0 aliphatic carbocycles. The van der Waals surface area contributed by atoms with Crippen molar-refractivity contribution >= 4 is 17.5 Å². The van der Waals surface area contributed by atoms with E-state index in [9.17, 15) is 14.0 Å². The van der Waals surface area contributed by atoms with Crippen LogP contribution < -0.4 is 5.32 Å². The quantitative estimate of drug-likeness (QED) is 0.699. The fraction of sp³-hybridized carbons (Fsp3) is 0.318. The van der Waals surface area contributed by atoms with Crippen LogP contribution in [-0.4, -0.2) is 39.2 Å². The largest absolute Gasteiger partial charge is 0.350 e. The predicted octanol–water partition coefficient (Wildman–Crippen LogP) is 2.57. The van der Waals surface area contributed by atoms with Gasteiger partial charge in [-0.25, -0.2) is 9.37 Å². The summed E-state index contributed by atoms with van der Waals surface area (Å²) in [4.78, 5) is 31.0. The molecule has 6 nitrogen and oxygen atoms in total. The molecule has 7 heteroatoms. The van der Waals surface area contributed by atoms with E-state index in [-0.39, 0.29) is 23.5 Å². The molecule has 1 aliphatic heterocycles. The highest BCUT2D eigenvalue weighted by atomic mass is 19.1. The first kappa shape index (κ1) is 19.1. The van der Waals surface area contributed by atoms with E-state index >= 15 is 0 Å². The fourth-order valence-corrected chi connectivity index (χ4v) is 3.74. The number of fused-ring (bicyclic) bond motifs is 1. The summed E-state index contributed by atoms with van der Waals surface area (Å²) >= 11 is 0. The summed E-state index contributed by atoms with van der Waals surface area (Å²) in [5.74, 6) is -0.525. The van der Waals surface area contributed by atoms with Crippen LogP contribution in [0.4, 0.5) is 4.39 Å². The molecule has 0 bridgehead atoms. The Bertz CT molecular complexity index is 1030. The van der Waals surface area contributed by atoms with Crippen LogP contribution in [0.2, 0.25) is 0 Å². The predicted molar refractivity (Wildman–Crippen MR) is 106 cm³/mol. The van der Waals surface area contributed by atoms with E-state index in [1.165, 1.54) is 12.1 Å². The Labute approximate surface area is 168 Å². The number of benzene rings is 1. The van der Waals surface area contributed by atoms with E-state index in [1.807, 2.05) is 34.9 Å². The van der Waals surface area contributed by atoms with Crippen LogP contribution in [0.15, 0.2) is 54.9 Å². The molecule has 1 N–H and O–H groups in total. The summed E-state index contributed by atoms with van der Waals surface area (Å²) < 4.78 is 15.3. The molecule has 150 valence electrons. The highest BCUT2D eigenvalue weighted by molar-refractivity contribution is 5.83. The van der Waals surface area contributed by atoms with E-state index < -0.39 is 0 Å². The average Bonchev–Trinajstić information content (AvgIpc) is 3.14. The van der Waals surface area contributed by atoms with E-state index in [4.69, 9.17) is 0 Å². The van der Waals surface area contributed by atoms with Crippen molar-refractivity contribution in [2.45, 2.75) is 25.8 Å². The number of hydrogen-bond acceptors (Lipinski definition) is 3. The highest BCUT2D eigenvalue weighted by Gasteiger charge is 2.30. The van der Waals surface area contributed by atoms with Crippen molar-refractivity contribution in [2.24, 2.45) is 5.92 Å². The van der Waals surface area contributed by atoms with Crippen molar-refractivity contribution < 1.29 is 14.0 Å². The van der Waals surface area contributed by atoms with Crippen molar-refractivity contribution in [2.75, 3.05) is 13.1 Å². The Morgan fingerprint density at radius 1 is 1.24 bits per heavy atom. The van der Waals surface area contributed by atoms with Gasteiger partial charge in [-0.15, -0.1) is 0 Å². The summed E-state index contributed by atoms with van der Waals surface area (Å²) in [7, 11) is 0. The Morgan fingerprint density at radius 3 is 3.00 bits per heavy atom. The van der Waals surface area contributed by atoms with Gasteiger partial charge in [-0.05, 0) is 42.7 Å². The molecule has 1 aliphatic rings. The lowest BCUT2D eigenvalue weighted by atomic mass is 9.96. The molecular weight excluding hydrogens is 371 g/mol. The van der Waals surface area contributed by atoms with Crippen molar-refractivity contribution in [3.8, 4) is 0 Å². The Balaban J connectivity index is 1.33. The summed E-state index contributed by atoms with van der Waals surface area (Å²) in [6.45, 7) is 1.27. The fourth-order valence-electron chi connectivity index (χ4n) is 3.74. The summed E-state index contributed by atoms with van der Waals surface area (Å²) in [6.07, 6.45) is 5.15. The molecule has 1 fully saturated rings. The van der Waals surface area contributed by atoms with Crippen LogP contribution >= 0.6 is 0 Å². The van der Waals surface area contributed by atoms with E-state index in [0.717, 1.165) is 16.9 Å². The second kappa shape index (κ2) is 8.43. The van der Waals surface area contributed by atoms with Gasteiger partial charge in [0.15, 0.2) is 0 Å². The van der Waals surface area contributed by atoms with Gasteiger partial charge in [0.2, 0.25) is 11.8 Å². The number of pyridine rings is 1. The number of piperidine rings is 1. The molecule has 0 unspecified atom stereocenters. The van der Waals surface area contributed by atoms with Gasteiger partial charge in [0.05, 0.1) is 24.4 Å². The van der Waals surface area contributed by atoms with E-state index in [1.54, 1.807) is 17.2 Å². The third kappa shape index (κ3) is 4.45. The van der Waals surface area contributed by atoms with Gasteiger partial charge in [0.25, 0.3) is 0 Å². The molecule has 1 atom stereocenters. The number of imidazole rings is 1. The molecule has 0 radical (unpaired) electrons. The summed E-state index contributed by atoms with van der Waals surface area (Å²) in [5.41, 5.74) is 2.59. The topological polar surface area (TPSA) is 66.7 Å². The molecule has 29 heavy (non-hydrogen) atoms. The van der Waals surface area contributed by atoms with Gasteiger partial charge < -0.3 is 14.6 Å². The number of nitrogens with zero attached hydrogens (tertiary/aromatic N) is 3. The molecule has 1 saturated heterocycles. The van der Waals surface area contributed by atoms with Crippen molar-refractivity contribution in [1.29, 1.82) is 0 Å². The lowest BCUT2D eigenvalue weighted by Crippen LogP contribution is -2.46. The number of hydrogen-bond donors (Lipinski definition) is 1. The molecule has 2 amide bonds. The number of carbonyl (C=O) groups is 2. The van der Waals surface area contributed by atoms with E-state index in [2.05, 4.69) is 10.3 Å². The lowest BCUT2D eigenvalue weighted by molar-refractivity contribution is -0.138. The first-order chi connectivity index (χ1) is 14.1. The maximum Gasteiger partial charge on any atom is 0.225 e. The number of halogens is 1. The minimum absolute atomic E-state index is 0.0484. The molecule has 4 rings (SSSR count). The molecular formula is C22H23FN4O2. The van der Waals surface area contributed by atoms with Crippen LogP contribution in [0.25, 0.3) is 5.65 Å². The summed E-state index contributed by atoms with van der Waals surface area (Å²) in [6, 6.07) is 12.1. The third-order valence-corrected chi connectivity index (χ3v) is 5.37. The van der Waals surface area contributed by atoms with Crippen LogP contribution in [-0.2, 0) is 22.6 Å². The first-order valence-corrected chi connectivity index (χ1v) is 9.81. The average molecular weight is 394 g/mol. The maximum absolute atomic E-state index is 13.3. The van der Waals surface area contributed by atoms with Crippen molar-refractivity contribution in [3.63, 3.8) is 0 Å². The standard InChI is InChI=1S/C22H23FN4O2/c23-18-5-3-4-16(12-18)9-11-26-15-17(7-8-21(26)28)22(29)25-14-19-13-24-20-6-1-2-10-27(19)20/h1-6,10,12-13,17H,7-9,11,14-15H2,(H,25,29)/t17-/m0/s1. The first-order valence-electron chi connectivity index (χ1n) is 9.81. The molecule has 1 aromatic carbocycles. The zero-order valence-electron chi connectivity index (χ0n) is 16.1. The van der Waals surface area contributed by atoms with Gasteiger partial charge in [0.1, 0.15) is 11.5 Å². The summed E-state index contributed by atoms with van der Waals surface area (Å²) in [5, 5.41) is 2.98. The van der Waals surface area contributed by atoms with Crippen molar-refractivity contribution in [3.05, 3.63) is 71.9 Å². The van der Waals surface area contributed by atoms with Gasteiger partial charge in [-0.1, -0.05) is 18.2 Å². The number of amides is 2. The maximum atomic E-state index is 13.3. The lowest BCUT2D eigenvalue weighted by Gasteiger charge is -2.32. The van der Waals surface area contributed by atoms with Gasteiger partial charge >= 0.3 is 0 Å². The minimum atomic E-state index is -0.280. The number of likely N-dealkylation sites (tertiary alicyclic amines) is 1. The van der Waals surface area contributed by atoms with Crippen LogP contribution in [0, 0.1) is 11.7 Å². The molecule has 0 spiro atoms. The highest BCUT2D eigenvalue weighted by Crippen LogP contribution is 2.19. The van der Waals surface area contributed by atoms with Crippen molar-refractivity contribution in [1.82, 2.24) is 19.6 Å². The number of aromatic nitrogens is 2. The SMILES string of the molecule is O=C(NCc1cnc2ccccn12)[C@H]1CCC(=O)N(CCc2cccc(F)c2)C1. The van der Waals surface area contributed by atoms with Gasteiger partial charge in [-0.2, -0.15) is 0 Å². The van der Waals surface area contributed by atoms with Gasteiger partial charge in [0, 0.05) is 25.7 Å². The Hall–Kier alpha value is -3.22. The number of carbonyl (C=O) groups excluding carboxylic acids is 2. The second-order valence-corrected chi connectivity index (χ2v) is 7.35. The second-order valence-electron chi connectivity index (χ2n) is 7.35. The molecule has 2 aromatic heterocycles. The van der Waals surface area contributed by atoms with Crippen LogP contribution in [0.3, 0.4) is 0 Å². The smallest absolute Gasteiger partial charge is 0.225 e. The van der Waals surface area contributed by atoms with Crippen LogP contribution in [0.1, 0.15) is 24.1 Å². The number of nitrogens with one attached hydrogen (secondary N) is 1. The Morgan fingerprint density at radius 2 is 2.14 bits per heavy atom. The van der Waals surface area contributed by atoms with E-state index in [0.29, 0.717) is 38.9 Å². The third-order valence-electron chi connectivity index (χ3n) is 5.37. The Kier molecular flexibility index (Phi) is 5.55. The normalized spacial score (nSPS) is 16.9. The number of rotatable bonds is 6. The zero-order chi connectivity index (χ0) is 20.2. The molecule has 3 aromatic rings. The van der Waals surface area contributed by atoms with Crippen LogP contribution in [0.5, 0.6) is 0 Å². The zero-order valence-corrected chi connectivity index (χ0v) is 16.1. The molecule has 0 saturated carbocycles. The molecule has 3 heterocycles. The minimum Gasteiger partial charge on any atom is -0.350 e. The monoisotopic (exact) mass is 394 g/mol.